The molecule has 0 radical (unpaired) electrons. The summed E-state index contributed by atoms with van der Waals surface area (Å²) in [4.78, 5) is 0. The monoisotopic (exact) mass is 1560 g/mol. The Morgan fingerprint density at radius 2 is 0.374 bits per heavy atom. The molecule has 0 unspecified atom stereocenters. The van der Waals surface area contributed by atoms with E-state index in [1.807, 2.05) is 0 Å². The zero-order valence-corrected chi connectivity index (χ0v) is 66.8. The molecule has 0 aliphatic carbocycles. The Labute approximate surface area is 707 Å². The van der Waals surface area contributed by atoms with Gasteiger partial charge in [0.05, 0.1) is 0 Å². The Morgan fingerprint density at radius 1 is 0.122 bits per heavy atom. The molecule has 27 aromatic rings. The van der Waals surface area contributed by atoms with Crippen LogP contribution in [0.25, 0.3) is 262 Å². The van der Waals surface area contributed by atoms with Crippen molar-refractivity contribution in [3.05, 3.63) is 437 Å². The van der Waals surface area contributed by atoms with Crippen LogP contribution in [0.5, 0.6) is 0 Å². The fourth-order valence-corrected chi connectivity index (χ4v) is 20.5. The van der Waals surface area contributed by atoms with Crippen molar-refractivity contribution in [3.63, 3.8) is 0 Å². The molecule has 0 saturated carbocycles. The normalized spacial score (nSPS) is 11.9. The number of hydrogen-bond acceptors (Lipinski definition) is 3. The van der Waals surface area contributed by atoms with Gasteiger partial charge in [0.2, 0.25) is 0 Å². The van der Waals surface area contributed by atoms with Crippen molar-refractivity contribution in [3.8, 4) is 66.8 Å². The van der Waals surface area contributed by atoms with E-state index < -0.39 is 0 Å². The van der Waals surface area contributed by atoms with Gasteiger partial charge in [-0.15, -0.1) is 0 Å². The summed E-state index contributed by atoms with van der Waals surface area (Å²) in [5.74, 6) is 0. The van der Waals surface area contributed by atoms with Gasteiger partial charge >= 0.3 is 0 Å². The Hall–Kier alpha value is -16.2. The zero-order valence-electron chi connectivity index (χ0n) is 66.8. The van der Waals surface area contributed by atoms with Crippen LogP contribution in [0, 0.1) is 0 Å². The minimum absolute atomic E-state index is 0.916. The van der Waals surface area contributed by atoms with E-state index in [4.69, 9.17) is 13.3 Å². The third-order valence-corrected chi connectivity index (χ3v) is 25.9. The second kappa shape index (κ2) is 28.3. The number of furan rings is 3. The first kappa shape index (κ1) is 69.9. The van der Waals surface area contributed by atoms with Gasteiger partial charge in [-0.1, -0.05) is 382 Å². The molecule has 24 aromatic carbocycles. The summed E-state index contributed by atoms with van der Waals surface area (Å²) in [6.45, 7) is 0. The van der Waals surface area contributed by atoms with Gasteiger partial charge in [-0.3, -0.25) is 0 Å². The van der Waals surface area contributed by atoms with Crippen molar-refractivity contribution in [2.75, 3.05) is 0 Å². The van der Waals surface area contributed by atoms with Gasteiger partial charge in [0.1, 0.15) is 33.5 Å². The summed E-state index contributed by atoms with van der Waals surface area (Å²) in [7, 11) is 0. The maximum atomic E-state index is 6.72. The van der Waals surface area contributed by atoms with E-state index in [1.165, 1.54) is 196 Å². The van der Waals surface area contributed by atoms with Crippen LogP contribution >= 0.6 is 0 Å². The molecular formula is C120H72O3. The zero-order chi connectivity index (χ0) is 80.7. The van der Waals surface area contributed by atoms with Gasteiger partial charge < -0.3 is 13.3 Å². The fourth-order valence-electron chi connectivity index (χ4n) is 20.5. The standard InChI is InChI=1S/3C40H24O/c1-2-13-27-24-37-35(23-26(27)12-1)40-34(21-10-22-36(40)41-37)39-32-18-7-5-16-30(32)38(31-17-6-8-19-33(31)39)29-20-9-14-25-11-3-4-15-28(25)29;1-2-13-27-24-37-36(23-26(27)12-1)34-21-10-22-35(40(34)41-37)39-32-18-7-5-16-30(32)38(31-17-6-8-19-33(31)39)29-20-9-14-25-11-3-4-15-28(25)29;1-2-12-27-24-38-36(22-26(27)11-1)35-23-28(20-21-37(35)41-38)39-31-15-5-7-17-33(31)40(34-18-8-6-16-32(34)39)30-19-9-13-25-10-3-4-14-29(25)30/h3*1-24H. The summed E-state index contributed by atoms with van der Waals surface area (Å²) in [6, 6.07) is 158. The molecule has 0 aliphatic heterocycles. The van der Waals surface area contributed by atoms with Crippen LogP contribution in [-0.2, 0) is 0 Å². The highest BCUT2D eigenvalue weighted by molar-refractivity contribution is 6.30. The van der Waals surface area contributed by atoms with Crippen molar-refractivity contribution in [2.24, 2.45) is 0 Å². The molecule has 27 rings (SSSR count). The van der Waals surface area contributed by atoms with Crippen molar-refractivity contribution < 1.29 is 13.3 Å². The lowest BCUT2D eigenvalue weighted by Crippen LogP contribution is -1.92. The van der Waals surface area contributed by atoms with E-state index in [0.29, 0.717) is 0 Å². The van der Waals surface area contributed by atoms with Crippen LogP contribution in [0.2, 0.25) is 0 Å². The highest BCUT2D eigenvalue weighted by Crippen LogP contribution is 2.53. The van der Waals surface area contributed by atoms with Gasteiger partial charge in [0, 0.05) is 43.4 Å². The molecule has 0 N–H and O–H groups in total. The molecule has 3 heterocycles. The Balaban J connectivity index is 0.000000101. The first-order valence-electron chi connectivity index (χ1n) is 42.3. The molecular weight excluding hydrogens is 1490 g/mol. The lowest BCUT2D eigenvalue weighted by molar-refractivity contribution is 0.669. The molecule has 0 saturated heterocycles. The summed E-state index contributed by atoms with van der Waals surface area (Å²) in [5.41, 5.74) is 20.4. The predicted octanol–water partition coefficient (Wildman–Crippen LogP) is 34.6. The molecule has 3 nitrogen and oxygen atoms in total. The van der Waals surface area contributed by atoms with E-state index in [9.17, 15) is 0 Å². The summed E-state index contributed by atoms with van der Waals surface area (Å²) >= 11 is 0. The van der Waals surface area contributed by atoms with E-state index in [-0.39, 0.29) is 0 Å². The van der Waals surface area contributed by atoms with Crippen LogP contribution in [0.3, 0.4) is 0 Å². The average molecular weight is 1560 g/mol. The molecule has 0 spiro atoms. The van der Waals surface area contributed by atoms with Crippen molar-refractivity contribution in [2.45, 2.75) is 0 Å². The first-order chi connectivity index (χ1) is 61.0. The van der Waals surface area contributed by atoms with Gasteiger partial charge in [0.15, 0.2) is 0 Å². The Morgan fingerprint density at radius 3 is 0.780 bits per heavy atom. The smallest absolute Gasteiger partial charge is 0.143 e. The lowest BCUT2D eigenvalue weighted by atomic mass is 9.84. The largest absolute Gasteiger partial charge is 0.456 e. The van der Waals surface area contributed by atoms with E-state index >= 15 is 0 Å². The second-order valence-corrected chi connectivity index (χ2v) is 32.6. The minimum Gasteiger partial charge on any atom is -0.456 e. The van der Waals surface area contributed by atoms with Crippen LogP contribution in [0.1, 0.15) is 0 Å². The maximum absolute atomic E-state index is 6.72. The maximum Gasteiger partial charge on any atom is 0.143 e. The molecule has 0 aliphatic rings. The quantitative estimate of drug-likeness (QED) is 0.156. The first-order valence-corrected chi connectivity index (χ1v) is 42.3. The van der Waals surface area contributed by atoms with E-state index in [0.717, 1.165) is 66.0 Å². The minimum atomic E-state index is 0.916. The molecule has 570 valence electrons. The van der Waals surface area contributed by atoms with Crippen molar-refractivity contribution in [1.29, 1.82) is 0 Å². The van der Waals surface area contributed by atoms with Gasteiger partial charge in [-0.25, -0.2) is 0 Å². The highest BCUT2D eigenvalue weighted by Gasteiger charge is 2.26. The fraction of sp³-hybridized carbons (Fsp3) is 0. The molecule has 123 heavy (non-hydrogen) atoms. The van der Waals surface area contributed by atoms with Crippen LogP contribution in [0.15, 0.2) is 450 Å². The highest BCUT2D eigenvalue weighted by atomic mass is 16.3. The van der Waals surface area contributed by atoms with Gasteiger partial charge in [-0.2, -0.15) is 0 Å². The van der Waals surface area contributed by atoms with Crippen LogP contribution in [-0.4, -0.2) is 0 Å². The second-order valence-electron chi connectivity index (χ2n) is 32.6. The number of hydrogen-bond donors (Lipinski definition) is 0. The van der Waals surface area contributed by atoms with E-state index in [1.54, 1.807) is 0 Å². The van der Waals surface area contributed by atoms with Gasteiger partial charge in [0.25, 0.3) is 0 Å². The molecule has 0 atom stereocenters. The summed E-state index contributed by atoms with van der Waals surface area (Å²) in [5, 5.41) is 36.7. The Bertz CT molecular complexity index is 8880. The summed E-state index contributed by atoms with van der Waals surface area (Å²) < 4.78 is 19.5. The van der Waals surface area contributed by atoms with Crippen molar-refractivity contribution in [1.82, 2.24) is 0 Å². The average Bonchev–Trinajstić information content (AvgIpc) is 1.01. The molecule has 3 heteroatoms. The number of benzene rings is 24. The SMILES string of the molecule is c1ccc2cc3c(cc2c1)oc1c(-c2c4ccccc4c(-c4cccc5ccccc45)c4ccccc24)cccc13.c1ccc2cc3c(cc2c1)oc1ccc(-c2c4ccccc4c(-c4cccc5ccccc45)c4ccccc24)cc13.c1ccc2cc3c(cc2c1)oc1cccc(-c2c4ccccc4c(-c4cccc5ccccc45)c4ccccc24)c13. The predicted molar refractivity (Wildman–Crippen MR) is 524 cm³/mol. The molecule has 3 aromatic heterocycles. The topological polar surface area (TPSA) is 39.4 Å². The van der Waals surface area contributed by atoms with E-state index in [2.05, 4.69) is 437 Å². The summed E-state index contributed by atoms with van der Waals surface area (Å²) in [6.07, 6.45) is 0. The van der Waals surface area contributed by atoms with Crippen LogP contribution < -0.4 is 0 Å². The molecule has 0 fully saturated rings. The lowest BCUT2D eigenvalue weighted by Gasteiger charge is -2.19. The number of rotatable bonds is 6. The molecule has 0 bridgehead atoms. The van der Waals surface area contributed by atoms with Gasteiger partial charge in [-0.05, 0) is 240 Å². The molecule has 0 amide bonds. The van der Waals surface area contributed by atoms with Crippen LogP contribution in [0.4, 0.5) is 0 Å². The third-order valence-electron chi connectivity index (χ3n) is 25.9. The number of para-hydroxylation sites is 1. The van der Waals surface area contributed by atoms with Crippen molar-refractivity contribution >= 4 is 195 Å². The Kier molecular flexibility index (Phi) is 16.1. The number of fused-ring (bicyclic) bond motifs is 21. The third kappa shape index (κ3) is 11.2.